The maximum absolute atomic E-state index is 11.1. The van der Waals surface area contributed by atoms with Crippen LogP contribution in [0.4, 0.5) is 0 Å². The van der Waals surface area contributed by atoms with Gasteiger partial charge in [-0.1, -0.05) is 5.21 Å². The molecule has 6 nitrogen and oxygen atoms in total. The van der Waals surface area contributed by atoms with Crippen LogP contribution in [0.1, 0.15) is 33.5 Å². The lowest BCUT2D eigenvalue weighted by Crippen LogP contribution is -2.23. The van der Waals surface area contributed by atoms with Crippen molar-refractivity contribution < 1.29 is 14.7 Å². The third-order valence-electron chi connectivity index (χ3n) is 2.61. The first kappa shape index (κ1) is 12.0. The number of carboxylic acid groups (broad SMARTS) is 1. The largest absolute Gasteiger partial charge is 0.543 e. The Kier molecular flexibility index (Phi) is 2.93. The minimum absolute atomic E-state index is 0.0349. The van der Waals surface area contributed by atoms with Gasteiger partial charge in [-0.15, -0.1) is 5.10 Å². The van der Waals surface area contributed by atoms with E-state index in [1.54, 1.807) is 31.2 Å². The van der Waals surface area contributed by atoms with Crippen LogP contribution in [-0.4, -0.2) is 26.7 Å². The summed E-state index contributed by atoms with van der Waals surface area (Å²) in [4.78, 5) is 21.9. The van der Waals surface area contributed by atoms with Gasteiger partial charge >= 0.3 is 0 Å². The van der Waals surface area contributed by atoms with Crippen molar-refractivity contribution in [3.8, 4) is 5.69 Å². The Morgan fingerprint density at radius 1 is 1.22 bits per heavy atom. The van der Waals surface area contributed by atoms with Crippen LogP contribution in [0.2, 0.25) is 0 Å². The molecule has 0 atom stereocenters. The highest BCUT2D eigenvalue weighted by Crippen LogP contribution is 2.13. The average Bonchev–Trinajstić information content (AvgIpc) is 2.71. The van der Waals surface area contributed by atoms with Gasteiger partial charge in [0, 0.05) is 5.56 Å². The zero-order valence-electron chi connectivity index (χ0n) is 9.88. The number of carboxylic acids is 1. The number of Topliss-reactive ketones (excluding diaryl/α,β-unsaturated/α-hetero) is 1. The second-order valence-corrected chi connectivity index (χ2v) is 3.83. The van der Waals surface area contributed by atoms with E-state index in [2.05, 4.69) is 10.3 Å². The Morgan fingerprint density at radius 2 is 1.83 bits per heavy atom. The first-order valence-electron chi connectivity index (χ1n) is 5.25. The summed E-state index contributed by atoms with van der Waals surface area (Å²) >= 11 is 0. The molecule has 0 N–H and O–H groups in total. The molecule has 2 aromatic rings. The van der Waals surface area contributed by atoms with Crippen LogP contribution in [0.5, 0.6) is 0 Å². The number of aromatic carboxylic acids is 1. The number of hydrogen-bond donors (Lipinski definition) is 0. The van der Waals surface area contributed by atoms with Gasteiger partial charge in [-0.2, -0.15) is 0 Å². The molecule has 1 aromatic carbocycles. The fraction of sp³-hybridized carbons (Fsp3) is 0.167. The number of ketones is 1. The van der Waals surface area contributed by atoms with Gasteiger partial charge in [-0.25, -0.2) is 4.68 Å². The SMILES string of the molecule is CC(=O)c1ccc(-n2nnc(C(=O)[O-])c2C)cc1. The minimum atomic E-state index is -1.36. The van der Waals surface area contributed by atoms with Crippen LogP contribution in [0.15, 0.2) is 24.3 Å². The van der Waals surface area contributed by atoms with Gasteiger partial charge in [0.25, 0.3) is 0 Å². The van der Waals surface area contributed by atoms with Crippen LogP contribution in [0.3, 0.4) is 0 Å². The average molecular weight is 244 g/mol. The second kappa shape index (κ2) is 4.40. The fourth-order valence-electron chi connectivity index (χ4n) is 1.60. The number of aromatic nitrogens is 3. The van der Waals surface area contributed by atoms with Crippen LogP contribution < -0.4 is 5.11 Å². The molecule has 0 aliphatic rings. The molecule has 0 spiro atoms. The van der Waals surface area contributed by atoms with Crippen molar-refractivity contribution in [2.45, 2.75) is 13.8 Å². The van der Waals surface area contributed by atoms with Gasteiger partial charge in [-0.05, 0) is 38.1 Å². The lowest BCUT2D eigenvalue weighted by molar-refractivity contribution is -0.255. The summed E-state index contributed by atoms with van der Waals surface area (Å²) in [5.41, 5.74) is 1.41. The van der Waals surface area contributed by atoms with E-state index in [0.717, 1.165) is 0 Å². The minimum Gasteiger partial charge on any atom is -0.543 e. The monoisotopic (exact) mass is 244 g/mol. The molecule has 0 aliphatic heterocycles. The Balaban J connectivity index is 2.43. The van der Waals surface area contributed by atoms with Crippen molar-refractivity contribution >= 4 is 11.8 Å². The van der Waals surface area contributed by atoms with Gasteiger partial charge in [0.2, 0.25) is 0 Å². The number of hydrogen-bond acceptors (Lipinski definition) is 5. The third kappa shape index (κ3) is 2.00. The van der Waals surface area contributed by atoms with E-state index in [1.807, 2.05) is 0 Å². The van der Waals surface area contributed by atoms with Crippen LogP contribution >= 0.6 is 0 Å². The zero-order chi connectivity index (χ0) is 13.3. The van der Waals surface area contributed by atoms with Gasteiger partial charge in [0.1, 0.15) is 5.69 Å². The Bertz CT molecular complexity index is 614. The van der Waals surface area contributed by atoms with Crippen LogP contribution in [0, 0.1) is 6.92 Å². The third-order valence-corrected chi connectivity index (χ3v) is 2.61. The summed E-state index contributed by atoms with van der Waals surface area (Å²) in [7, 11) is 0. The molecule has 0 aliphatic carbocycles. The molecule has 0 amide bonds. The van der Waals surface area contributed by atoms with Crippen molar-refractivity contribution in [3.05, 3.63) is 41.2 Å². The molecule has 2 rings (SSSR count). The van der Waals surface area contributed by atoms with Gasteiger partial charge < -0.3 is 9.90 Å². The van der Waals surface area contributed by atoms with E-state index in [-0.39, 0.29) is 11.5 Å². The van der Waals surface area contributed by atoms with E-state index in [9.17, 15) is 14.7 Å². The fourth-order valence-corrected chi connectivity index (χ4v) is 1.60. The molecule has 6 heteroatoms. The molecule has 1 aromatic heterocycles. The number of carbonyl (C=O) groups excluding carboxylic acids is 2. The molecule has 0 bridgehead atoms. The number of rotatable bonds is 3. The van der Waals surface area contributed by atoms with E-state index in [0.29, 0.717) is 16.9 Å². The first-order valence-corrected chi connectivity index (χ1v) is 5.25. The summed E-state index contributed by atoms with van der Waals surface area (Å²) in [6, 6.07) is 6.66. The second-order valence-electron chi connectivity index (χ2n) is 3.83. The molecular weight excluding hydrogens is 234 g/mol. The van der Waals surface area contributed by atoms with E-state index in [4.69, 9.17) is 0 Å². The normalized spacial score (nSPS) is 10.3. The first-order chi connectivity index (χ1) is 8.50. The summed E-state index contributed by atoms with van der Waals surface area (Å²) < 4.78 is 1.38. The highest BCUT2D eigenvalue weighted by Gasteiger charge is 2.10. The van der Waals surface area contributed by atoms with Gasteiger partial charge in [-0.3, -0.25) is 4.79 Å². The summed E-state index contributed by atoms with van der Waals surface area (Å²) in [6.45, 7) is 3.06. The van der Waals surface area contributed by atoms with E-state index in [1.165, 1.54) is 11.6 Å². The van der Waals surface area contributed by atoms with Crippen LogP contribution in [-0.2, 0) is 0 Å². The lowest BCUT2D eigenvalue weighted by atomic mass is 10.1. The molecule has 0 fully saturated rings. The Morgan fingerprint density at radius 3 is 2.28 bits per heavy atom. The van der Waals surface area contributed by atoms with Crippen LogP contribution in [0.25, 0.3) is 5.69 Å². The summed E-state index contributed by atoms with van der Waals surface area (Å²) in [5.74, 6) is -1.40. The highest BCUT2D eigenvalue weighted by molar-refractivity contribution is 5.94. The molecule has 0 saturated carbocycles. The Hall–Kier alpha value is -2.50. The molecule has 0 radical (unpaired) electrons. The predicted octanol–water partition coefficient (Wildman–Crippen LogP) is 0.142. The summed E-state index contributed by atoms with van der Waals surface area (Å²) in [6.07, 6.45) is 0. The summed E-state index contributed by atoms with van der Waals surface area (Å²) in [5, 5.41) is 18.0. The molecule has 0 unspecified atom stereocenters. The maximum Gasteiger partial charge on any atom is 0.159 e. The Labute approximate surface area is 103 Å². The van der Waals surface area contributed by atoms with Crippen molar-refractivity contribution in [1.82, 2.24) is 15.0 Å². The molecule has 92 valence electrons. The van der Waals surface area contributed by atoms with Gasteiger partial charge in [0.05, 0.1) is 17.4 Å². The lowest BCUT2D eigenvalue weighted by Gasteiger charge is -2.04. The standard InChI is InChI=1S/C12H11N3O3/c1-7-11(12(17)18)13-14-15(7)10-5-3-9(4-6-10)8(2)16/h3-6H,1-2H3,(H,17,18)/p-1. The number of nitrogens with zero attached hydrogens (tertiary/aromatic N) is 3. The molecule has 18 heavy (non-hydrogen) atoms. The predicted molar refractivity (Wildman–Crippen MR) is 60.4 cm³/mol. The molecule has 1 heterocycles. The van der Waals surface area contributed by atoms with E-state index < -0.39 is 5.97 Å². The van der Waals surface area contributed by atoms with Crippen molar-refractivity contribution in [2.75, 3.05) is 0 Å². The highest BCUT2D eigenvalue weighted by atomic mass is 16.4. The topological polar surface area (TPSA) is 87.9 Å². The van der Waals surface area contributed by atoms with Crippen molar-refractivity contribution in [1.29, 1.82) is 0 Å². The zero-order valence-corrected chi connectivity index (χ0v) is 9.88. The van der Waals surface area contributed by atoms with Crippen molar-refractivity contribution in [2.24, 2.45) is 0 Å². The van der Waals surface area contributed by atoms with Crippen molar-refractivity contribution in [3.63, 3.8) is 0 Å². The quantitative estimate of drug-likeness (QED) is 0.717. The van der Waals surface area contributed by atoms with Gasteiger partial charge in [0.15, 0.2) is 5.78 Å². The molecule has 0 saturated heterocycles. The smallest absolute Gasteiger partial charge is 0.159 e. The number of carbonyl (C=O) groups is 2. The molecular formula is C12H10N3O3-. The van der Waals surface area contributed by atoms with E-state index >= 15 is 0 Å². The number of benzene rings is 1. The maximum atomic E-state index is 11.1.